The number of cyclic esters (lactones) is 1. The maximum absolute atomic E-state index is 12.4. The van der Waals surface area contributed by atoms with Crippen LogP contribution in [0.25, 0.3) is 0 Å². The van der Waals surface area contributed by atoms with Crippen LogP contribution in [0.15, 0.2) is 53.4 Å². The van der Waals surface area contributed by atoms with E-state index in [1.807, 2.05) is 0 Å². The minimum Gasteiger partial charge on any atom is -0.441 e. The Morgan fingerprint density at radius 2 is 1.79 bits per heavy atom. The number of morpholine rings is 1. The maximum Gasteiger partial charge on any atom is 0.414 e. The van der Waals surface area contributed by atoms with E-state index in [1.165, 1.54) is 17.0 Å². The Morgan fingerprint density at radius 1 is 1.09 bits per heavy atom. The van der Waals surface area contributed by atoms with Crippen LogP contribution >= 0.6 is 0 Å². The van der Waals surface area contributed by atoms with E-state index in [-0.39, 0.29) is 29.6 Å². The topological polar surface area (TPSA) is 146 Å². The van der Waals surface area contributed by atoms with E-state index in [0.29, 0.717) is 24.5 Å². The van der Waals surface area contributed by atoms with Crippen molar-refractivity contribution in [2.45, 2.75) is 11.0 Å². The number of amides is 2. The molecule has 0 radical (unpaired) electrons. The maximum atomic E-state index is 12.4. The molecule has 0 N–H and O–H groups in total. The molecule has 2 aliphatic rings. The SMILES string of the molecule is O=C1COCCN1c1ccc(N2C[C@@H](COS(=O)(=O)c3cccc([N+](=O)[O-])c3)OC2=O)cc1. The van der Waals surface area contributed by atoms with Crippen LogP contribution in [0.4, 0.5) is 21.9 Å². The molecule has 12 nitrogen and oxygen atoms in total. The molecule has 2 aliphatic heterocycles. The molecule has 2 amide bonds. The number of nitro benzene ring substituents is 1. The molecule has 4 rings (SSSR count). The molecule has 2 saturated heterocycles. The van der Waals surface area contributed by atoms with E-state index in [2.05, 4.69) is 0 Å². The van der Waals surface area contributed by atoms with Crippen molar-refractivity contribution in [2.24, 2.45) is 0 Å². The number of benzene rings is 2. The lowest BCUT2D eigenvalue weighted by Crippen LogP contribution is -2.41. The monoisotopic (exact) mass is 477 g/mol. The second-order valence-corrected chi connectivity index (χ2v) is 8.84. The summed E-state index contributed by atoms with van der Waals surface area (Å²) in [5.74, 6) is -0.156. The van der Waals surface area contributed by atoms with Gasteiger partial charge < -0.3 is 14.4 Å². The van der Waals surface area contributed by atoms with Crippen LogP contribution in [0.3, 0.4) is 0 Å². The fraction of sp³-hybridized carbons (Fsp3) is 0.300. The molecule has 174 valence electrons. The number of hydrogen-bond acceptors (Lipinski definition) is 9. The molecule has 0 aromatic heterocycles. The first-order valence-electron chi connectivity index (χ1n) is 9.85. The van der Waals surface area contributed by atoms with Crippen LogP contribution in [-0.4, -0.2) is 64.4 Å². The fourth-order valence-electron chi connectivity index (χ4n) is 3.41. The lowest BCUT2D eigenvalue weighted by molar-refractivity contribution is -0.385. The Hall–Kier alpha value is -3.55. The third-order valence-corrected chi connectivity index (χ3v) is 6.34. The summed E-state index contributed by atoms with van der Waals surface area (Å²) in [6.45, 7) is 0.475. The average Bonchev–Trinajstić information content (AvgIpc) is 3.19. The van der Waals surface area contributed by atoms with Gasteiger partial charge in [-0.2, -0.15) is 8.42 Å². The first-order valence-corrected chi connectivity index (χ1v) is 11.3. The van der Waals surface area contributed by atoms with Gasteiger partial charge in [0.2, 0.25) is 0 Å². The van der Waals surface area contributed by atoms with E-state index in [1.54, 1.807) is 29.2 Å². The Morgan fingerprint density at radius 3 is 2.45 bits per heavy atom. The molecular weight excluding hydrogens is 458 g/mol. The van der Waals surface area contributed by atoms with Gasteiger partial charge in [0, 0.05) is 30.1 Å². The van der Waals surface area contributed by atoms with E-state index < -0.39 is 33.8 Å². The van der Waals surface area contributed by atoms with Gasteiger partial charge in [-0.3, -0.25) is 24.0 Å². The van der Waals surface area contributed by atoms with Crippen molar-refractivity contribution in [3.8, 4) is 0 Å². The number of non-ortho nitro benzene ring substituents is 1. The Labute approximate surface area is 188 Å². The first-order chi connectivity index (χ1) is 15.7. The zero-order valence-electron chi connectivity index (χ0n) is 17.2. The minimum absolute atomic E-state index is 0.0150. The molecule has 0 aliphatic carbocycles. The van der Waals surface area contributed by atoms with E-state index >= 15 is 0 Å². The molecular formula is C20H19N3O9S. The number of hydrogen-bond donors (Lipinski definition) is 0. The Bertz CT molecular complexity index is 1180. The first kappa shape index (κ1) is 22.6. The number of nitro groups is 1. The average molecular weight is 477 g/mol. The number of carbonyl (C=O) groups excluding carboxylic acids is 2. The molecule has 0 spiro atoms. The summed E-state index contributed by atoms with van der Waals surface area (Å²) in [4.78, 5) is 36.9. The largest absolute Gasteiger partial charge is 0.441 e. The van der Waals surface area contributed by atoms with Crippen molar-refractivity contribution in [1.82, 2.24) is 0 Å². The zero-order chi connectivity index (χ0) is 23.6. The standard InChI is InChI=1S/C20H19N3O9S/c24-19-13-30-9-8-21(19)14-4-6-15(7-5-14)22-11-17(32-20(22)25)12-31-33(28,29)18-3-1-2-16(10-18)23(26)27/h1-7,10,17H,8-9,11-13H2/t17-/m0/s1. The van der Waals surface area contributed by atoms with Gasteiger partial charge in [-0.15, -0.1) is 0 Å². The molecule has 0 bridgehead atoms. The van der Waals surface area contributed by atoms with E-state index in [0.717, 1.165) is 12.1 Å². The summed E-state index contributed by atoms with van der Waals surface area (Å²) < 4.78 is 40.0. The van der Waals surface area contributed by atoms with Crippen LogP contribution in [0.1, 0.15) is 0 Å². The van der Waals surface area contributed by atoms with Crippen LogP contribution < -0.4 is 9.80 Å². The summed E-state index contributed by atoms with van der Waals surface area (Å²) >= 11 is 0. The number of nitrogens with zero attached hydrogens (tertiary/aromatic N) is 3. The Kier molecular flexibility index (Phi) is 6.26. The van der Waals surface area contributed by atoms with Crippen molar-refractivity contribution in [2.75, 3.05) is 42.7 Å². The molecule has 0 saturated carbocycles. The predicted octanol–water partition coefficient (Wildman–Crippen LogP) is 1.69. The Balaban J connectivity index is 1.39. The molecule has 1 atom stereocenters. The molecule has 13 heteroatoms. The van der Waals surface area contributed by atoms with Crippen molar-refractivity contribution in [1.29, 1.82) is 0 Å². The van der Waals surface area contributed by atoms with Crippen molar-refractivity contribution in [3.05, 3.63) is 58.6 Å². The van der Waals surface area contributed by atoms with Crippen LogP contribution in [0, 0.1) is 10.1 Å². The third-order valence-electron chi connectivity index (χ3n) is 5.06. The summed E-state index contributed by atoms with van der Waals surface area (Å²) in [5.41, 5.74) is 0.788. The van der Waals surface area contributed by atoms with Gasteiger partial charge >= 0.3 is 6.09 Å². The van der Waals surface area contributed by atoms with Gasteiger partial charge in [0.05, 0.1) is 18.1 Å². The zero-order valence-corrected chi connectivity index (χ0v) is 18.0. The van der Waals surface area contributed by atoms with Gasteiger partial charge in [0.1, 0.15) is 24.2 Å². The molecule has 2 fully saturated rings. The lowest BCUT2D eigenvalue weighted by Gasteiger charge is -2.27. The highest BCUT2D eigenvalue weighted by molar-refractivity contribution is 7.86. The summed E-state index contributed by atoms with van der Waals surface area (Å²) in [6.07, 6.45) is -1.54. The third kappa shape index (κ3) is 4.94. The molecule has 33 heavy (non-hydrogen) atoms. The van der Waals surface area contributed by atoms with Gasteiger partial charge in [0.25, 0.3) is 21.7 Å². The molecule has 2 aromatic rings. The predicted molar refractivity (Wildman–Crippen MR) is 113 cm³/mol. The molecule has 2 heterocycles. The molecule has 2 aromatic carbocycles. The number of anilines is 2. The fourth-order valence-corrected chi connectivity index (χ4v) is 4.39. The van der Waals surface area contributed by atoms with Crippen molar-refractivity contribution in [3.63, 3.8) is 0 Å². The molecule has 0 unspecified atom stereocenters. The highest BCUT2D eigenvalue weighted by Gasteiger charge is 2.34. The number of carbonyl (C=O) groups is 2. The van der Waals surface area contributed by atoms with Crippen LogP contribution in [0.2, 0.25) is 0 Å². The van der Waals surface area contributed by atoms with Gasteiger partial charge in [0.15, 0.2) is 0 Å². The number of ether oxygens (including phenoxy) is 2. The summed E-state index contributed by atoms with van der Waals surface area (Å²) in [7, 11) is -4.29. The quantitative estimate of drug-likeness (QED) is 0.330. The smallest absolute Gasteiger partial charge is 0.414 e. The minimum atomic E-state index is -4.29. The van der Waals surface area contributed by atoms with Crippen molar-refractivity contribution < 1.29 is 36.6 Å². The summed E-state index contributed by atoms with van der Waals surface area (Å²) in [6, 6.07) is 11.2. The van der Waals surface area contributed by atoms with Crippen LogP contribution in [-0.2, 0) is 28.6 Å². The lowest BCUT2D eigenvalue weighted by atomic mass is 10.2. The normalized spacial score (nSPS) is 19.0. The second kappa shape index (κ2) is 9.13. The number of rotatable bonds is 7. The van der Waals surface area contributed by atoms with Gasteiger partial charge in [-0.05, 0) is 30.3 Å². The summed E-state index contributed by atoms with van der Waals surface area (Å²) in [5, 5.41) is 10.9. The van der Waals surface area contributed by atoms with Gasteiger partial charge in [-0.1, -0.05) is 6.07 Å². The second-order valence-electron chi connectivity index (χ2n) is 7.22. The van der Waals surface area contributed by atoms with Crippen molar-refractivity contribution >= 4 is 39.2 Å². The van der Waals surface area contributed by atoms with E-state index in [4.69, 9.17) is 13.7 Å². The highest BCUT2D eigenvalue weighted by Crippen LogP contribution is 2.26. The van der Waals surface area contributed by atoms with Crippen LogP contribution in [0.5, 0.6) is 0 Å². The van der Waals surface area contributed by atoms with E-state index in [9.17, 15) is 28.1 Å². The van der Waals surface area contributed by atoms with Gasteiger partial charge in [-0.25, -0.2) is 4.79 Å². The highest BCUT2D eigenvalue weighted by atomic mass is 32.2.